The van der Waals surface area contributed by atoms with E-state index >= 15 is 0 Å². The Balaban J connectivity index is 1.73. The van der Waals surface area contributed by atoms with Crippen LogP contribution >= 0.6 is 0 Å². The first-order chi connectivity index (χ1) is 14.8. The van der Waals surface area contributed by atoms with Gasteiger partial charge in [0.2, 0.25) is 15.9 Å². The van der Waals surface area contributed by atoms with Gasteiger partial charge in [0.1, 0.15) is 5.82 Å². The Morgan fingerprint density at radius 2 is 1.94 bits per heavy atom. The van der Waals surface area contributed by atoms with E-state index in [2.05, 4.69) is 15.3 Å². The zero-order valence-electron chi connectivity index (χ0n) is 18.4. The molecule has 2 heterocycles. The Bertz CT molecular complexity index is 1150. The maximum Gasteiger partial charge on any atom is 0.243 e. The zero-order valence-corrected chi connectivity index (χ0v) is 19.2. The third-order valence-electron chi connectivity index (χ3n) is 5.37. The molecule has 0 saturated heterocycles. The standard InChI is InChI=1S/C22H29N5O3S/c1-5-27(6-2)31(29,30)17-10-11-20-19(15-17)25-21(26(20)4)12-13-22(28)24-16(3)18-9-7-8-14-23-18/h7-11,14-16H,5-6,12-13H2,1-4H3,(H,24,28). The molecule has 2 aromatic heterocycles. The minimum atomic E-state index is -3.55. The highest BCUT2D eigenvalue weighted by Gasteiger charge is 2.23. The normalized spacial score (nSPS) is 12.9. The molecule has 9 heteroatoms. The molecule has 31 heavy (non-hydrogen) atoms. The van der Waals surface area contributed by atoms with E-state index in [-0.39, 0.29) is 23.3 Å². The molecule has 0 saturated carbocycles. The number of pyridine rings is 1. The number of hydrogen-bond acceptors (Lipinski definition) is 5. The molecule has 0 fully saturated rings. The molecule has 0 radical (unpaired) electrons. The van der Waals surface area contributed by atoms with Gasteiger partial charge >= 0.3 is 0 Å². The molecule has 0 aliphatic heterocycles. The van der Waals surface area contributed by atoms with Crippen LogP contribution in [0.4, 0.5) is 0 Å². The average molecular weight is 444 g/mol. The topological polar surface area (TPSA) is 97.2 Å². The predicted octanol–water partition coefficient (Wildman–Crippen LogP) is 2.81. The van der Waals surface area contributed by atoms with Crippen LogP contribution in [0, 0.1) is 0 Å². The first kappa shape index (κ1) is 22.9. The molecule has 1 amide bonds. The van der Waals surface area contributed by atoms with Crippen LogP contribution in [0.1, 0.15) is 44.8 Å². The van der Waals surface area contributed by atoms with E-state index in [0.29, 0.717) is 25.0 Å². The van der Waals surface area contributed by atoms with Crippen molar-refractivity contribution in [2.45, 2.75) is 44.6 Å². The SMILES string of the molecule is CCN(CC)S(=O)(=O)c1ccc2c(c1)nc(CCC(=O)NC(C)c1ccccn1)n2C. The van der Waals surface area contributed by atoms with Crippen molar-refractivity contribution in [1.29, 1.82) is 0 Å². The van der Waals surface area contributed by atoms with Gasteiger partial charge in [0, 0.05) is 39.2 Å². The summed E-state index contributed by atoms with van der Waals surface area (Å²) in [6, 6.07) is 10.4. The number of hydrogen-bond donors (Lipinski definition) is 1. The van der Waals surface area contributed by atoms with Crippen molar-refractivity contribution in [3.05, 3.63) is 54.1 Å². The summed E-state index contributed by atoms with van der Waals surface area (Å²) in [4.78, 5) is 21.5. The van der Waals surface area contributed by atoms with Crippen LogP contribution in [0.5, 0.6) is 0 Å². The lowest BCUT2D eigenvalue weighted by Gasteiger charge is -2.18. The second-order valence-electron chi connectivity index (χ2n) is 7.37. The number of carbonyl (C=O) groups excluding carboxylic acids is 1. The molecule has 1 aromatic carbocycles. The van der Waals surface area contributed by atoms with Crippen LogP contribution in [0.25, 0.3) is 11.0 Å². The molecule has 166 valence electrons. The third kappa shape index (κ3) is 4.94. The summed E-state index contributed by atoms with van der Waals surface area (Å²) >= 11 is 0. The summed E-state index contributed by atoms with van der Waals surface area (Å²) in [5.74, 6) is 0.642. The lowest BCUT2D eigenvalue weighted by Crippen LogP contribution is -2.30. The van der Waals surface area contributed by atoms with Gasteiger partial charge in [-0.05, 0) is 37.3 Å². The van der Waals surface area contributed by atoms with E-state index in [1.54, 1.807) is 24.4 Å². The number of amides is 1. The Morgan fingerprint density at radius 1 is 1.19 bits per heavy atom. The molecule has 3 aromatic rings. The summed E-state index contributed by atoms with van der Waals surface area (Å²) in [6.45, 7) is 6.36. The van der Waals surface area contributed by atoms with Crippen molar-refractivity contribution in [2.75, 3.05) is 13.1 Å². The maximum atomic E-state index is 12.8. The number of benzene rings is 1. The first-order valence-corrected chi connectivity index (χ1v) is 11.9. The molecule has 1 unspecified atom stereocenters. The maximum absolute atomic E-state index is 12.8. The van der Waals surface area contributed by atoms with Crippen LogP contribution in [-0.4, -0.2) is 46.3 Å². The Kier molecular flexibility index (Phi) is 7.07. The summed E-state index contributed by atoms with van der Waals surface area (Å²) in [5, 5.41) is 2.95. The number of rotatable bonds is 9. The number of carbonyl (C=O) groups is 1. The van der Waals surface area contributed by atoms with Crippen molar-refractivity contribution >= 4 is 27.0 Å². The molecular weight excluding hydrogens is 414 g/mol. The number of fused-ring (bicyclic) bond motifs is 1. The Hall–Kier alpha value is -2.78. The second-order valence-corrected chi connectivity index (χ2v) is 9.31. The molecule has 0 aliphatic rings. The first-order valence-electron chi connectivity index (χ1n) is 10.4. The Labute approximate surface area is 183 Å². The van der Waals surface area contributed by atoms with Gasteiger partial charge in [-0.3, -0.25) is 9.78 Å². The highest BCUT2D eigenvalue weighted by atomic mass is 32.2. The smallest absolute Gasteiger partial charge is 0.243 e. The Morgan fingerprint density at radius 3 is 2.58 bits per heavy atom. The van der Waals surface area contributed by atoms with E-state index < -0.39 is 10.0 Å². The number of sulfonamides is 1. The fourth-order valence-corrected chi connectivity index (χ4v) is 5.05. The number of aryl methyl sites for hydroxylation is 2. The van der Waals surface area contributed by atoms with Crippen molar-refractivity contribution in [3.8, 4) is 0 Å². The summed E-state index contributed by atoms with van der Waals surface area (Å²) in [5.41, 5.74) is 2.24. The number of nitrogens with zero attached hydrogens (tertiary/aromatic N) is 4. The van der Waals surface area contributed by atoms with Gasteiger partial charge in [0.05, 0.1) is 27.7 Å². The van der Waals surface area contributed by atoms with E-state index in [1.165, 1.54) is 4.31 Å². The zero-order chi connectivity index (χ0) is 22.6. The fourth-order valence-electron chi connectivity index (χ4n) is 3.57. The quantitative estimate of drug-likeness (QED) is 0.548. The largest absolute Gasteiger partial charge is 0.348 e. The van der Waals surface area contributed by atoms with Crippen LogP contribution in [0.2, 0.25) is 0 Å². The predicted molar refractivity (Wildman–Crippen MR) is 120 cm³/mol. The van der Waals surface area contributed by atoms with Crippen LogP contribution in [0.15, 0.2) is 47.5 Å². The highest BCUT2D eigenvalue weighted by molar-refractivity contribution is 7.89. The molecular formula is C22H29N5O3S. The molecule has 0 aliphatic carbocycles. The highest BCUT2D eigenvalue weighted by Crippen LogP contribution is 2.23. The molecule has 0 spiro atoms. The van der Waals surface area contributed by atoms with E-state index in [0.717, 1.165) is 17.0 Å². The van der Waals surface area contributed by atoms with Crippen molar-refractivity contribution < 1.29 is 13.2 Å². The lowest BCUT2D eigenvalue weighted by molar-refractivity contribution is -0.121. The van der Waals surface area contributed by atoms with Crippen LogP contribution in [-0.2, 0) is 28.3 Å². The number of nitrogens with one attached hydrogen (secondary N) is 1. The molecule has 1 atom stereocenters. The minimum Gasteiger partial charge on any atom is -0.348 e. The summed E-state index contributed by atoms with van der Waals surface area (Å²) in [6.07, 6.45) is 2.43. The van der Waals surface area contributed by atoms with E-state index in [9.17, 15) is 13.2 Å². The van der Waals surface area contributed by atoms with Gasteiger partial charge in [-0.2, -0.15) is 4.31 Å². The van der Waals surface area contributed by atoms with E-state index in [4.69, 9.17) is 0 Å². The molecule has 3 rings (SSSR count). The van der Waals surface area contributed by atoms with Gasteiger partial charge in [-0.25, -0.2) is 13.4 Å². The minimum absolute atomic E-state index is 0.0880. The average Bonchev–Trinajstić information content (AvgIpc) is 3.08. The number of imidazole rings is 1. The van der Waals surface area contributed by atoms with Gasteiger partial charge in [0.25, 0.3) is 0 Å². The number of aromatic nitrogens is 3. The summed E-state index contributed by atoms with van der Waals surface area (Å²) in [7, 11) is -1.68. The van der Waals surface area contributed by atoms with Crippen molar-refractivity contribution in [1.82, 2.24) is 24.2 Å². The van der Waals surface area contributed by atoms with Gasteiger partial charge < -0.3 is 9.88 Å². The molecule has 1 N–H and O–H groups in total. The van der Waals surface area contributed by atoms with Gasteiger partial charge in [-0.1, -0.05) is 19.9 Å². The molecule has 0 bridgehead atoms. The van der Waals surface area contributed by atoms with Gasteiger partial charge in [0.15, 0.2) is 0 Å². The van der Waals surface area contributed by atoms with Crippen LogP contribution in [0.3, 0.4) is 0 Å². The summed E-state index contributed by atoms with van der Waals surface area (Å²) < 4.78 is 28.9. The molecule has 8 nitrogen and oxygen atoms in total. The lowest BCUT2D eigenvalue weighted by atomic mass is 10.2. The van der Waals surface area contributed by atoms with Gasteiger partial charge in [-0.15, -0.1) is 0 Å². The van der Waals surface area contributed by atoms with Crippen molar-refractivity contribution in [3.63, 3.8) is 0 Å². The van der Waals surface area contributed by atoms with E-state index in [1.807, 2.05) is 50.6 Å². The van der Waals surface area contributed by atoms with Crippen LogP contribution < -0.4 is 5.32 Å². The monoisotopic (exact) mass is 443 g/mol. The van der Waals surface area contributed by atoms with Crippen molar-refractivity contribution in [2.24, 2.45) is 7.05 Å². The fraction of sp³-hybridized carbons (Fsp3) is 0.409. The third-order valence-corrected chi connectivity index (χ3v) is 7.42. The second kappa shape index (κ2) is 9.57.